The Kier molecular flexibility index (Phi) is 8.58. The Morgan fingerprint density at radius 3 is 2.05 bits per heavy atom. The van der Waals surface area contributed by atoms with Crippen LogP contribution in [0.4, 0.5) is 37.7 Å². The van der Waals surface area contributed by atoms with Gasteiger partial charge < -0.3 is 14.9 Å². The topological polar surface area (TPSA) is 77.9 Å². The van der Waals surface area contributed by atoms with Crippen molar-refractivity contribution in [3.63, 3.8) is 0 Å². The van der Waals surface area contributed by atoms with Crippen molar-refractivity contribution in [2.24, 2.45) is 0 Å². The number of hydrogen-bond donors (Lipinski definition) is 1. The molecule has 0 spiro atoms. The summed E-state index contributed by atoms with van der Waals surface area (Å²) >= 11 is 6.02. The summed E-state index contributed by atoms with van der Waals surface area (Å²) < 4.78 is 81.0. The van der Waals surface area contributed by atoms with Crippen LogP contribution in [0.3, 0.4) is 0 Å². The minimum absolute atomic E-state index is 0.0431. The summed E-state index contributed by atoms with van der Waals surface area (Å²) in [6.07, 6.45) is -10.9. The normalized spacial score (nSPS) is 17.0. The highest BCUT2D eigenvalue weighted by Gasteiger charge is 2.41. The molecule has 0 bridgehead atoms. The molecule has 13 heteroatoms. The van der Waals surface area contributed by atoms with Gasteiger partial charge in [-0.15, -0.1) is 0 Å². The van der Waals surface area contributed by atoms with Crippen molar-refractivity contribution >= 4 is 40.6 Å². The second-order valence-corrected chi connectivity index (χ2v) is 10.3. The van der Waals surface area contributed by atoms with Gasteiger partial charge in [-0.2, -0.15) is 26.3 Å². The van der Waals surface area contributed by atoms with E-state index >= 15 is 0 Å². The van der Waals surface area contributed by atoms with Crippen LogP contribution in [-0.4, -0.2) is 35.4 Å². The van der Waals surface area contributed by atoms with Gasteiger partial charge in [0.05, 0.1) is 23.7 Å². The van der Waals surface area contributed by atoms with E-state index in [1.165, 1.54) is 6.07 Å². The summed E-state index contributed by atoms with van der Waals surface area (Å²) in [7, 11) is 0. The number of alkyl halides is 6. The van der Waals surface area contributed by atoms with Crippen LogP contribution in [0.2, 0.25) is 5.02 Å². The van der Waals surface area contributed by atoms with Gasteiger partial charge in [0.2, 0.25) is 0 Å². The number of amides is 1. The number of ketones is 1. The lowest BCUT2D eigenvalue weighted by Crippen LogP contribution is -2.47. The molecule has 0 saturated carbocycles. The standard InChI is InChI=1S/C29H23ClF6N2O4/c1-16-10-25(37(15-22(39)14-26(40)41)21-8-6-20(30)7-9-21)23-4-2-3-5-24(23)38(16)27(42)17-11-18(28(31,32)33)13-19(12-17)29(34,35)36/h2-9,11-13,16,25H,10,14-15H2,1H3,(H,40,41)/t16-,25+/m0/s1. The van der Waals surface area contributed by atoms with Gasteiger partial charge in [-0.3, -0.25) is 14.4 Å². The van der Waals surface area contributed by atoms with Gasteiger partial charge in [0, 0.05) is 28.0 Å². The molecule has 2 atom stereocenters. The molecule has 42 heavy (non-hydrogen) atoms. The molecule has 1 heterocycles. The summed E-state index contributed by atoms with van der Waals surface area (Å²) in [6.45, 7) is 1.26. The zero-order chi connectivity index (χ0) is 31.0. The number of carboxylic acids is 1. The zero-order valence-corrected chi connectivity index (χ0v) is 22.6. The lowest BCUT2D eigenvalue weighted by Gasteiger charge is -2.44. The summed E-state index contributed by atoms with van der Waals surface area (Å²) in [4.78, 5) is 40.2. The van der Waals surface area contributed by atoms with Crippen molar-refractivity contribution < 1.29 is 45.8 Å². The fourth-order valence-electron chi connectivity index (χ4n) is 5.03. The Balaban J connectivity index is 1.80. The van der Waals surface area contributed by atoms with Crippen LogP contribution in [0.25, 0.3) is 0 Å². The molecule has 0 fully saturated rings. The van der Waals surface area contributed by atoms with E-state index in [0.29, 0.717) is 28.4 Å². The first-order valence-electron chi connectivity index (χ1n) is 12.5. The SMILES string of the molecule is C[C@H]1C[C@@H](N(CC(=O)CC(=O)O)c2ccc(Cl)cc2)c2ccccc2N1C(=O)c1cc(C(F)(F)F)cc(C(F)(F)F)c1. The lowest BCUT2D eigenvalue weighted by atomic mass is 9.89. The van der Waals surface area contributed by atoms with Gasteiger partial charge in [0.25, 0.3) is 5.91 Å². The molecule has 1 N–H and O–H groups in total. The Labute approximate surface area is 241 Å². The molecule has 0 saturated heterocycles. The van der Waals surface area contributed by atoms with Crippen molar-refractivity contribution in [2.75, 3.05) is 16.3 Å². The molecular weight excluding hydrogens is 590 g/mol. The first-order chi connectivity index (χ1) is 19.6. The molecule has 0 unspecified atom stereocenters. The van der Waals surface area contributed by atoms with E-state index in [2.05, 4.69) is 0 Å². The number of benzene rings is 3. The first-order valence-corrected chi connectivity index (χ1v) is 12.9. The van der Waals surface area contributed by atoms with Crippen LogP contribution in [0, 0.1) is 0 Å². The number of Topliss-reactive ketones (excluding diaryl/α,β-unsaturated/α-hetero) is 1. The van der Waals surface area contributed by atoms with Gasteiger partial charge in [0.1, 0.15) is 6.42 Å². The van der Waals surface area contributed by atoms with Gasteiger partial charge in [-0.1, -0.05) is 29.8 Å². The lowest BCUT2D eigenvalue weighted by molar-refractivity contribution is -0.143. The third-order valence-corrected chi connectivity index (χ3v) is 7.10. The Bertz CT molecular complexity index is 1470. The molecule has 0 aliphatic carbocycles. The smallest absolute Gasteiger partial charge is 0.416 e. The van der Waals surface area contributed by atoms with Gasteiger partial charge in [0.15, 0.2) is 5.78 Å². The van der Waals surface area contributed by atoms with Crippen LogP contribution >= 0.6 is 11.6 Å². The fourth-order valence-corrected chi connectivity index (χ4v) is 5.16. The number of carbonyl (C=O) groups is 3. The molecule has 1 amide bonds. The Morgan fingerprint density at radius 2 is 1.50 bits per heavy atom. The highest BCUT2D eigenvalue weighted by molar-refractivity contribution is 6.30. The van der Waals surface area contributed by atoms with Gasteiger partial charge in [-0.25, -0.2) is 0 Å². The molecule has 222 valence electrons. The van der Waals surface area contributed by atoms with Crippen molar-refractivity contribution in [1.82, 2.24) is 0 Å². The van der Waals surface area contributed by atoms with Gasteiger partial charge in [-0.05, 0) is 67.4 Å². The molecule has 0 aromatic heterocycles. The Morgan fingerprint density at radius 1 is 0.929 bits per heavy atom. The van der Waals surface area contributed by atoms with E-state index in [1.807, 2.05) is 0 Å². The third kappa shape index (κ3) is 6.70. The number of rotatable bonds is 7. The molecule has 3 aromatic carbocycles. The zero-order valence-electron chi connectivity index (χ0n) is 21.8. The highest BCUT2D eigenvalue weighted by atomic mass is 35.5. The second kappa shape index (κ2) is 11.7. The average Bonchev–Trinajstić information content (AvgIpc) is 2.90. The van der Waals surface area contributed by atoms with Crippen LogP contribution in [0.5, 0.6) is 0 Å². The number of carboxylic acid groups (broad SMARTS) is 1. The molecule has 4 rings (SSSR count). The van der Waals surface area contributed by atoms with Crippen LogP contribution in [0.1, 0.15) is 52.9 Å². The third-order valence-electron chi connectivity index (χ3n) is 6.84. The van der Waals surface area contributed by atoms with Crippen LogP contribution < -0.4 is 9.80 Å². The van der Waals surface area contributed by atoms with Crippen LogP contribution in [-0.2, 0) is 21.9 Å². The maximum absolute atomic E-state index is 13.7. The van der Waals surface area contributed by atoms with E-state index in [9.17, 15) is 40.7 Å². The number of aliphatic carboxylic acids is 1. The summed E-state index contributed by atoms with van der Waals surface area (Å²) in [5.41, 5.74) is -2.81. The summed E-state index contributed by atoms with van der Waals surface area (Å²) in [5.74, 6) is -2.99. The minimum atomic E-state index is -5.13. The first kappa shape index (κ1) is 30.9. The molecule has 3 aromatic rings. The predicted molar refractivity (Wildman–Crippen MR) is 143 cm³/mol. The Hall–Kier alpha value is -4.06. The van der Waals surface area contributed by atoms with Crippen molar-refractivity contribution in [1.29, 1.82) is 0 Å². The molecule has 6 nitrogen and oxygen atoms in total. The maximum atomic E-state index is 13.7. The molecule has 1 aliphatic heterocycles. The number of hydrogen-bond acceptors (Lipinski definition) is 4. The second-order valence-electron chi connectivity index (χ2n) is 9.84. The van der Waals surface area contributed by atoms with E-state index in [0.717, 1.165) is 4.90 Å². The highest BCUT2D eigenvalue weighted by Crippen LogP contribution is 2.44. The fraction of sp³-hybridized carbons (Fsp3) is 0.276. The average molecular weight is 613 g/mol. The molecule has 1 aliphatic rings. The minimum Gasteiger partial charge on any atom is -0.481 e. The van der Waals surface area contributed by atoms with Crippen molar-refractivity contribution in [2.45, 2.75) is 44.2 Å². The monoisotopic (exact) mass is 612 g/mol. The number of fused-ring (bicyclic) bond motifs is 1. The number of para-hydroxylation sites is 1. The predicted octanol–water partition coefficient (Wildman–Crippen LogP) is 7.41. The van der Waals surface area contributed by atoms with E-state index in [4.69, 9.17) is 16.7 Å². The van der Waals surface area contributed by atoms with Gasteiger partial charge >= 0.3 is 18.3 Å². The number of nitrogens with zero attached hydrogens (tertiary/aromatic N) is 2. The van der Waals surface area contributed by atoms with Crippen molar-refractivity contribution in [3.05, 3.63) is 94.0 Å². The largest absolute Gasteiger partial charge is 0.481 e. The number of carbonyl (C=O) groups excluding carboxylic acids is 2. The number of anilines is 2. The molecular formula is C29H23ClF6N2O4. The van der Waals surface area contributed by atoms with Crippen molar-refractivity contribution in [3.8, 4) is 0 Å². The van der Waals surface area contributed by atoms with Crippen LogP contribution in [0.15, 0.2) is 66.7 Å². The van der Waals surface area contributed by atoms with E-state index in [1.54, 1.807) is 54.3 Å². The molecule has 0 radical (unpaired) electrons. The quantitative estimate of drug-likeness (QED) is 0.222. The summed E-state index contributed by atoms with van der Waals surface area (Å²) in [5, 5.41) is 9.52. The summed E-state index contributed by atoms with van der Waals surface area (Å²) in [6, 6.07) is 12.1. The van der Waals surface area contributed by atoms with E-state index < -0.39 is 65.2 Å². The number of halogens is 7. The maximum Gasteiger partial charge on any atom is 0.416 e. The van der Waals surface area contributed by atoms with E-state index in [-0.39, 0.29) is 24.7 Å².